The number of rotatable bonds is 3. The van der Waals surface area contributed by atoms with Crippen molar-refractivity contribution in [1.82, 2.24) is 4.98 Å². The van der Waals surface area contributed by atoms with E-state index in [4.69, 9.17) is 4.74 Å². The normalized spacial score (nSPS) is 13.5. The van der Waals surface area contributed by atoms with Crippen molar-refractivity contribution in [2.75, 3.05) is 12.0 Å². The molecule has 0 N–H and O–H groups in total. The standard InChI is InChI=1S/C15H11BrN2O3/c1-21-14-9(3-2-6-17-14)8-18-12-7-10(16)4-5-11(12)13(19)15(18)20/h2-7H,8H2,1H3. The summed E-state index contributed by atoms with van der Waals surface area (Å²) in [6.45, 7) is 0.241. The third-order valence-electron chi connectivity index (χ3n) is 3.31. The molecule has 106 valence electrons. The van der Waals surface area contributed by atoms with E-state index in [0.717, 1.165) is 10.0 Å². The lowest BCUT2D eigenvalue weighted by Gasteiger charge is -2.17. The predicted molar refractivity (Wildman–Crippen MR) is 80.5 cm³/mol. The lowest BCUT2D eigenvalue weighted by atomic mass is 10.1. The van der Waals surface area contributed by atoms with Gasteiger partial charge < -0.3 is 9.64 Å². The number of pyridine rings is 1. The zero-order valence-electron chi connectivity index (χ0n) is 11.2. The van der Waals surface area contributed by atoms with Crippen LogP contribution < -0.4 is 9.64 Å². The van der Waals surface area contributed by atoms with Crippen LogP contribution in [0.3, 0.4) is 0 Å². The number of hydrogen-bond donors (Lipinski definition) is 0. The van der Waals surface area contributed by atoms with Crippen molar-refractivity contribution in [3.63, 3.8) is 0 Å². The van der Waals surface area contributed by atoms with Gasteiger partial charge in [0.1, 0.15) is 0 Å². The molecular weight excluding hydrogens is 336 g/mol. The Bertz CT molecular complexity index is 745. The first-order valence-electron chi connectivity index (χ1n) is 6.25. The van der Waals surface area contributed by atoms with Gasteiger partial charge in [-0.15, -0.1) is 0 Å². The van der Waals surface area contributed by atoms with Gasteiger partial charge in [-0.3, -0.25) is 9.59 Å². The van der Waals surface area contributed by atoms with E-state index in [1.807, 2.05) is 6.07 Å². The van der Waals surface area contributed by atoms with Crippen molar-refractivity contribution in [1.29, 1.82) is 0 Å². The first-order valence-corrected chi connectivity index (χ1v) is 7.04. The average molecular weight is 347 g/mol. The summed E-state index contributed by atoms with van der Waals surface area (Å²) in [6.07, 6.45) is 1.61. The molecule has 0 saturated carbocycles. The number of aromatic nitrogens is 1. The van der Waals surface area contributed by atoms with Crippen LogP contribution in [0.15, 0.2) is 41.0 Å². The minimum Gasteiger partial charge on any atom is -0.481 e. The Hall–Kier alpha value is -2.21. The van der Waals surface area contributed by atoms with E-state index in [2.05, 4.69) is 20.9 Å². The van der Waals surface area contributed by atoms with Crippen LogP contribution in [-0.4, -0.2) is 23.8 Å². The molecule has 1 amide bonds. The lowest BCUT2D eigenvalue weighted by molar-refractivity contribution is -0.114. The molecular formula is C15H11BrN2O3. The maximum atomic E-state index is 12.2. The van der Waals surface area contributed by atoms with Crippen molar-refractivity contribution in [2.45, 2.75) is 6.54 Å². The molecule has 0 atom stereocenters. The van der Waals surface area contributed by atoms with Gasteiger partial charge in [-0.2, -0.15) is 0 Å². The number of anilines is 1. The number of benzene rings is 1. The van der Waals surface area contributed by atoms with Crippen LogP contribution in [0.25, 0.3) is 0 Å². The topological polar surface area (TPSA) is 59.5 Å². The molecule has 0 fully saturated rings. The second kappa shape index (κ2) is 5.29. The molecule has 1 aliphatic heterocycles. The maximum Gasteiger partial charge on any atom is 0.299 e. The highest BCUT2D eigenvalue weighted by Gasteiger charge is 2.36. The summed E-state index contributed by atoms with van der Waals surface area (Å²) in [5.74, 6) is -0.574. The van der Waals surface area contributed by atoms with E-state index in [9.17, 15) is 9.59 Å². The van der Waals surface area contributed by atoms with Crippen LogP contribution in [0.5, 0.6) is 5.88 Å². The third-order valence-corrected chi connectivity index (χ3v) is 3.80. The molecule has 0 unspecified atom stereocenters. The van der Waals surface area contributed by atoms with Gasteiger partial charge in [0.2, 0.25) is 5.88 Å². The third kappa shape index (κ3) is 2.31. The van der Waals surface area contributed by atoms with Crippen molar-refractivity contribution in [2.24, 2.45) is 0 Å². The van der Waals surface area contributed by atoms with Crippen molar-refractivity contribution in [3.8, 4) is 5.88 Å². The Balaban J connectivity index is 2.02. The van der Waals surface area contributed by atoms with E-state index in [0.29, 0.717) is 17.1 Å². The van der Waals surface area contributed by atoms with Gasteiger partial charge in [0.15, 0.2) is 0 Å². The fourth-order valence-corrected chi connectivity index (χ4v) is 2.67. The van der Waals surface area contributed by atoms with Crippen molar-refractivity contribution >= 4 is 33.3 Å². The maximum absolute atomic E-state index is 12.2. The van der Waals surface area contributed by atoms with Crippen LogP contribution >= 0.6 is 15.9 Å². The molecule has 1 aromatic carbocycles. The first-order chi connectivity index (χ1) is 10.1. The monoisotopic (exact) mass is 346 g/mol. The van der Waals surface area contributed by atoms with Gasteiger partial charge in [-0.05, 0) is 24.3 Å². The van der Waals surface area contributed by atoms with Crippen LogP contribution in [0.4, 0.5) is 5.69 Å². The number of methoxy groups -OCH3 is 1. The Morgan fingerprint density at radius 3 is 2.86 bits per heavy atom. The molecule has 2 aromatic rings. The van der Waals surface area contributed by atoms with Gasteiger partial charge in [-0.1, -0.05) is 22.0 Å². The summed E-state index contributed by atoms with van der Waals surface area (Å²) in [5.41, 5.74) is 1.77. The molecule has 0 aliphatic carbocycles. The molecule has 21 heavy (non-hydrogen) atoms. The molecule has 0 bridgehead atoms. The second-order valence-electron chi connectivity index (χ2n) is 4.55. The van der Waals surface area contributed by atoms with Crippen LogP contribution in [-0.2, 0) is 11.3 Å². The Morgan fingerprint density at radius 1 is 1.29 bits per heavy atom. The molecule has 1 aliphatic rings. The summed E-state index contributed by atoms with van der Waals surface area (Å²) in [5, 5.41) is 0. The Kier molecular flexibility index (Phi) is 3.47. The molecule has 5 nitrogen and oxygen atoms in total. The molecule has 0 spiro atoms. The van der Waals surface area contributed by atoms with Gasteiger partial charge in [0, 0.05) is 16.2 Å². The fraction of sp³-hybridized carbons (Fsp3) is 0.133. The SMILES string of the molecule is COc1ncccc1CN1C(=O)C(=O)c2ccc(Br)cc21. The average Bonchev–Trinajstić information content (AvgIpc) is 2.72. The zero-order chi connectivity index (χ0) is 15.0. The van der Waals surface area contributed by atoms with Crippen LogP contribution in [0.2, 0.25) is 0 Å². The number of fused-ring (bicyclic) bond motifs is 1. The quantitative estimate of drug-likeness (QED) is 0.801. The second-order valence-corrected chi connectivity index (χ2v) is 5.47. The molecule has 3 rings (SSSR count). The van der Waals surface area contributed by atoms with Gasteiger partial charge in [-0.25, -0.2) is 4.98 Å². The van der Waals surface area contributed by atoms with Crippen LogP contribution in [0.1, 0.15) is 15.9 Å². The number of nitrogens with zero attached hydrogens (tertiary/aromatic N) is 2. The summed E-state index contributed by atoms with van der Waals surface area (Å²) >= 11 is 3.36. The highest BCUT2D eigenvalue weighted by molar-refractivity contribution is 9.10. The van der Waals surface area contributed by atoms with Gasteiger partial charge in [0.25, 0.3) is 11.7 Å². The number of amides is 1. The summed E-state index contributed by atoms with van der Waals surface area (Å²) in [4.78, 5) is 29.7. The minimum atomic E-state index is -0.533. The number of halogens is 1. The number of ketones is 1. The largest absolute Gasteiger partial charge is 0.481 e. The Morgan fingerprint density at radius 2 is 2.10 bits per heavy atom. The van der Waals surface area contributed by atoms with Gasteiger partial charge in [0.05, 0.1) is 24.9 Å². The lowest BCUT2D eigenvalue weighted by Crippen LogP contribution is -2.29. The van der Waals surface area contributed by atoms with E-state index in [1.165, 1.54) is 12.0 Å². The highest BCUT2D eigenvalue weighted by Crippen LogP contribution is 2.33. The number of Topliss-reactive ketones (excluding diaryl/α,β-unsaturated/α-hetero) is 1. The number of hydrogen-bond acceptors (Lipinski definition) is 4. The van der Waals surface area contributed by atoms with E-state index in [-0.39, 0.29) is 6.54 Å². The zero-order valence-corrected chi connectivity index (χ0v) is 12.8. The fourth-order valence-electron chi connectivity index (χ4n) is 2.32. The summed E-state index contributed by atoms with van der Waals surface area (Å²) in [7, 11) is 1.52. The molecule has 0 saturated heterocycles. The van der Waals surface area contributed by atoms with Crippen LogP contribution in [0, 0.1) is 0 Å². The molecule has 6 heteroatoms. The minimum absolute atomic E-state index is 0.241. The smallest absolute Gasteiger partial charge is 0.299 e. The van der Waals surface area contributed by atoms with E-state index in [1.54, 1.807) is 30.5 Å². The summed E-state index contributed by atoms with van der Waals surface area (Å²) < 4.78 is 6.00. The number of carbonyl (C=O) groups excluding carboxylic acids is 2. The number of ether oxygens (including phenoxy) is 1. The highest BCUT2D eigenvalue weighted by atomic mass is 79.9. The molecule has 1 aromatic heterocycles. The van der Waals surface area contributed by atoms with Crippen molar-refractivity contribution < 1.29 is 14.3 Å². The van der Waals surface area contributed by atoms with E-state index >= 15 is 0 Å². The first kappa shape index (κ1) is 13.8. The Labute approximate surface area is 129 Å². The molecule has 2 heterocycles. The predicted octanol–water partition coefficient (Wildman–Crippen LogP) is 2.58. The van der Waals surface area contributed by atoms with E-state index < -0.39 is 11.7 Å². The summed E-state index contributed by atoms with van der Waals surface area (Å²) in [6, 6.07) is 8.75. The van der Waals surface area contributed by atoms with Gasteiger partial charge >= 0.3 is 0 Å². The molecule has 0 radical (unpaired) electrons. The van der Waals surface area contributed by atoms with Crippen molar-refractivity contribution in [3.05, 3.63) is 52.1 Å². The number of carbonyl (C=O) groups is 2.